The van der Waals surface area contributed by atoms with E-state index in [0.29, 0.717) is 29.5 Å². The molecule has 0 radical (unpaired) electrons. The molecule has 1 heterocycles. The zero-order valence-electron chi connectivity index (χ0n) is 11.3. The third-order valence-electron chi connectivity index (χ3n) is 3.33. The van der Waals surface area contributed by atoms with Crippen molar-refractivity contribution >= 4 is 22.5 Å². The lowest BCUT2D eigenvalue weighted by atomic mass is 10.2. The Morgan fingerprint density at radius 2 is 2.00 bits per heavy atom. The maximum absolute atomic E-state index is 8.98. The number of halogens is 1. The average Bonchev–Trinajstić information content (AvgIpc) is 2.91. The lowest BCUT2D eigenvalue weighted by Crippen LogP contribution is -2.07. The van der Waals surface area contributed by atoms with Gasteiger partial charge in [-0.3, -0.25) is 0 Å². The number of benzene rings is 2. The number of hydrogen-bond acceptors (Lipinski definition) is 2. The normalized spacial score (nSPS) is 10.5. The fourth-order valence-electron chi connectivity index (χ4n) is 2.26. The Hall–Kier alpha value is -2.44. The third-order valence-corrected chi connectivity index (χ3v) is 3.64. The molecule has 4 heteroatoms. The second-order valence-corrected chi connectivity index (χ2v) is 5.08. The summed E-state index contributed by atoms with van der Waals surface area (Å²) >= 11 is 6.05. The van der Waals surface area contributed by atoms with Gasteiger partial charge in [0.25, 0.3) is 0 Å². The number of fused-ring (bicyclic) bond motifs is 1. The maximum atomic E-state index is 8.98. The number of para-hydroxylation sites is 1. The Balaban J connectivity index is 1.74. The summed E-state index contributed by atoms with van der Waals surface area (Å²) in [6.07, 6.45) is 2.00. The van der Waals surface area contributed by atoms with E-state index >= 15 is 0 Å². The molecule has 0 amide bonds. The second-order valence-electron chi connectivity index (χ2n) is 4.67. The van der Waals surface area contributed by atoms with Crippen LogP contribution < -0.4 is 4.74 Å². The summed E-state index contributed by atoms with van der Waals surface area (Å²) in [5.41, 5.74) is 1.70. The minimum atomic E-state index is 0.518. The van der Waals surface area contributed by atoms with E-state index in [0.717, 1.165) is 10.9 Å². The van der Waals surface area contributed by atoms with Gasteiger partial charge in [-0.25, -0.2) is 0 Å². The van der Waals surface area contributed by atoms with Crippen LogP contribution in [-0.4, -0.2) is 11.2 Å². The van der Waals surface area contributed by atoms with Gasteiger partial charge in [0.05, 0.1) is 23.2 Å². The van der Waals surface area contributed by atoms with Gasteiger partial charge < -0.3 is 9.30 Å². The monoisotopic (exact) mass is 296 g/mol. The lowest BCUT2D eigenvalue weighted by Gasteiger charge is -2.09. The molecule has 3 rings (SSSR count). The number of hydrogen-bond donors (Lipinski definition) is 0. The molecule has 0 saturated carbocycles. The number of rotatable bonds is 4. The van der Waals surface area contributed by atoms with E-state index in [1.165, 1.54) is 0 Å². The minimum absolute atomic E-state index is 0.518. The lowest BCUT2D eigenvalue weighted by molar-refractivity contribution is 0.300. The summed E-state index contributed by atoms with van der Waals surface area (Å²) in [5.74, 6) is 0.688. The number of nitrogens with zero attached hydrogens (tertiary/aromatic N) is 2. The average molecular weight is 297 g/mol. The van der Waals surface area contributed by atoms with Crippen LogP contribution in [-0.2, 0) is 6.54 Å². The summed E-state index contributed by atoms with van der Waals surface area (Å²) in [5, 5.41) is 10.7. The zero-order chi connectivity index (χ0) is 14.7. The first-order valence-corrected chi connectivity index (χ1v) is 7.02. The van der Waals surface area contributed by atoms with Gasteiger partial charge in [-0.15, -0.1) is 0 Å². The maximum Gasteiger partial charge on any atom is 0.137 e. The molecule has 0 atom stereocenters. The van der Waals surface area contributed by atoms with Crippen molar-refractivity contribution in [1.82, 2.24) is 4.57 Å². The Bertz CT molecular complexity index is 817. The molecule has 1 aromatic heterocycles. The van der Waals surface area contributed by atoms with Crippen LogP contribution in [0.2, 0.25) is 5.02 Å². The van der Waals surface area contributed by atoms with Crippen molar-refractivity contribution in [2.45, 2.75) is 6.54 Å². The first-order chi connectivity index (χ1) is 10.3. The number of nitriles is 1. The van der Waals surface area contributed by atoms with Crippen molar-refractivity contribution in [3.63, 3.8) is 0 Å². The van der Waals surface area contributed by atoms with E-state index < -0.39 is 0 Å². The molecule has 0 aliphatic carbocycles. The highest BCUT2D eigenvalue weighted by Gasteiger charge is 2.04. The Morgan fingerprint density at radius 3 is 2.81 bits per heavy atom. The second kappa shape index (κ2) is 5.90. The van der Waals surface area contributed by atoms with E-state index in [4.69, 9.17) is 21.6 Å². The molecular formula is C17H13ClN2O. The summed E-state index contributed by atoms with van der Waals surface area (Å²) < 4.78 is 7.77. The van der Waals surface area contributed by atoms with Crippen LogP contribution >= 0.6 is 11.6 Å². The Kier molecular flexibility index (Phi) is 3.81. The van der Waals surface area contributed by atoms with Crippen molar-refractivity contribution in [2.24, 2.45) is 0 Å². The summed E-state index contributed by atoms with van der Waals surface area (Å²) in [7, 11) is 0. The molecule has 0 N–H and O–H groups in total. The summed E-state index contributed by atoms with van der Waals surface area (Å²) in [6.45, 7) is 1.22. The molecule has 0 spiro atoms. The first-order valence-electron chi connectivity index (χ1n) is 6.64. The molecule has 0 aliphatic heterocycles. The molecule has 21 heavy (non-hydrogen) atoms. The van der Waals surface area contributed by atoms with Crippen LogP contribution in [0, 0.1) is 11.3 Å². The molecule has 0 unspecified atom stereocenters. The fraction of sp³-hybridized carbons (Fsp3) is 0.118. The largest absolute Gasteiger partial charge is 0.490 e. The van der Waals surface area contributed by atoms with Gasteiger partial charge in [0.2, 0.25) is 0 Å². The fourth-order valence-corrected chi connectivity index (χ4v) is 2.45. The van der Waals surface area contributed by atoms with E-state index in [1.54, 1.807) is 6.07 Å². The van der Waals surface area contributed by atoms with Crippen LogP contribution in [0.1, 0.15) is 5.56 Å². The standard InChI is InChI=1S/C17H13ClN2O/c18-15-3-1-2-4-17(15)21-10-9-20-8-7-14-6-5-13(12-19)11-16(14)20/h1-8,11H,9-10H2. The van der Waals surface area contributed by atoms with Gasteiger partial charge in [0.15, 0.2) is 0 Å². The minimum Gasteiger partial charge on any atom is -0.490 e. The van der Waals surface area contributed by atoms with Crippen molar-refractivity contribution in [3.05, 3.63) is 65.3 Å². The van der Waals surface area contributed by atoms with Crippen LogP contribution in [0.25, 0.3) is 10.9 Å². The molecule has 0 bridgehead atoms. The van der Waals surface area contributed by atoms with Gasteiger partial charge in [-0.2, -0.15) is 5.26 Å². The van der Waals surface area contributed by atoms with Crippen molar-refractivity contribution in [3.8, 4) is 11.8 Å². The predicted octanol–water partition coefficient (Wildman–Crippen LogP) is 4.25. The topological polar surface area (TPSA) is 38.0 Å². The number of ether oxygens (including phenoxy) is 1. The van der Waals surface area contributed by atoms with Gasteiger partial charge in [0.1, 0.15) is 12.4 Å². The molecule has 3 nitrogen and oxygen atoms in total. The van der Waals surface area contributed by atoms with Gasteiger partial charge >= 0.3 is 0 Å². The Labute approximate surface area is 127 Å². The molecule has 0 saturated heterocycles. The molecule has 2 aromatic carbocycles. The smallest absolute Gasteiger partial charge is 0.137 e. The highest BCUT2D eigenvalue weighted by Crippen LogP contribution is 2.23. The molecule has 104 valence electrons. The molecule has 0 aliphatic rings. The number of aromatic nitrogens is 1. The predicted molar refractivity (Wildman–Crippen MR) is 83.6 cm³/mol. The highest BCUT2D eigenvalue weighted by molar-refractivity contribution is 6.32. The highest BCUT2D eigenvalue weighted by atomic mass is 35.5. The van der Waals surface area contributed by atoms with Gasteiger partial charge in [-0.05, 0) is 35.7 Å². The third kappa shape index (κ3) is 2.86. The quantitative estimate of drug-likeness (QED) is 0.722. The molecule has 3 aromatic rings. The van der Waals surface area contributed by atoms with Crippen LogP contribution in [0.15, 0.2) is 54.7 Å². The van der Waals surface area contributed by atoms with Crippen LogP contribution in [0.5, 0.6) is 5.75 Å². The van der Waals surface area contributed by atoms with Crippen molar-refractivity contribution in [2.75, 3.05) is 6.61 Å². The summed E-state index contributed by atoms with van der Waals surface area (Å²) in [4.78, 5) is 0. The zero-order valence-corrected chi connectivity index (χ0v) is 12.0. The van der Waals surface area contributed by atoms with E-state index in [1.807, 2.05) is 48.7 Å². The molecular weight excluding hydrogens is 284 g/mol. The van der Waals surface area contributed by atoms with E-state index in [2.05, 4.69) is 10.6 Å². The van der Waals surface area contributed by atoms with Crippen LogP contribution in [0.4, 0.5) is 0 Å². The van der Waals surface area contributed by atoms with Gasteiger partial charge in [-0.1, -0.05) is 29.8 Å². The SMILES string of the molecule is N#Cc1ccc2ccn(CCOc3ccccc3Cl)c2c1. The van der Waals surface area contributed by atoms with Crippen LogP contribution in [0.3, 0.4) is 0 Å². The van der Waals surface area contributed by atoms with E-state index in [9.17, 15) is 0 Å². The summed E-state index contributed by atoms with van der Waals surface area (Å²) in [6, 6.07) is 17.3. The van der Waals surface area contributed by atoms with E-state index in [-0.39, 0.29) is 0 Å². The van der Waals surface area contributed by atoms with Crippen molar-refractivity contribution in [1.29, 1.82) is 5.26 Å². The molecule has 0 fully saturated rings. The van der Waals surface area contributed by atoms with Crippen molar-refractivity contribution < 1.29 is 4.74 Å². The first kappa shape index (κ1) is 13.5. The van der Waals surface area contributed by atoms with Gasteiger partial charge in [0, 0.05) is 11.7 Å². The Morgan fingerprint density at radius 1 is 1.14 bits per heavy atom.